The van der Waals surface area contributed by atoms with Crippen molar-refractivity contribution in [3.05, 3.63) is 70.3 Å². The van der Waals surface area contributed by atoms with Crippen LogP contribution in [0.1, 0.15) is 57.8 Å². The molecule has 0 heterocycles. The minimum Gasteiger partial charge on any atom is -0.293 e. The summed E-state index contributed by atoms with van der Waals surface area (Å²) in [6, 6.07) is 14.8. The number of hydrogen-bond donors (Lipinski definition) is 0. The van der Waals surface area contributed by atoms with Gasteiger partial charge in [-0.3, -0.25) is 4.79 Å². The van der Waals surface area contributed by atoms with Gasteiger partial charge in [-0.25, -0.2) is 0 Å². The van der Waals surface area contributed by atoms with E-state index in [0.29, 0.717) is 5.78 Å². The number of rotatable bonds is 1. The average molecular weight is 276 g/mol. The Balaban J connectivity index is 1.74. The number of fused-ring (bicyclic) bond motifs is 2. The first-order valence-corrected chi connectivity index (χ1v) is 8.07. The monoisotopic (exact) mass is 276 g/mol. The van der Waals surface area contributed by atoms with Gasteiger partial charge in [-0.1, -0.05) is 36.4 Å². The summed E-state index contributed by atoms with van der Waals surface area (Å²) in [5, 5.41) is 0. The number of hydrogen-bond acceptors (Lipinski definition) is 1. The van der Waals surface area contributed by atoms with Crippen LogP contribution in [0.25, 0.3) is 0 Å². The van der Waals surface area contributed by atoms with Crippen LogP contribution in [0.15, 0.2) is 42.5 Å². The molecule has 0 amide bonds. The molecule has 1 atom stereocenters. The summed E-state index contributed by atoms with van der Waals surface area (Å²) in [5.41, 5.74) is 6.36. The summed E-state index contributed by atoms with van der Waals surface area (Å²) in [6.07, 6.45) is 6.89. The first-order chi connectivity index (χ1) is 10.3. The van der Waals surface area contributed by atoms with Crippen molar-refractivity contribution in [1.82, 2.24) is 0 Å². The molecule has 106 valence electrons. The Morgan fingerprint density at radius 2 is 1.52 bits per heavy atom. The molecule has 2 aromatic carbocycles. The third kappa shape index (κ3) is 2.21. The van der Waals surface area contributed by atoms with Gasteiger partial charge in [-0.05, 0) is 66.8 Å². The molecule has 4 rings (SSSR count). The van der Waals surface area contributed by atoms with E-state index < -0.39 is 0 Å². The maximum atomic E-state index is 12.9. The lowest BCUT2D eigenvalue weighted by Gasteiger charge is -2.26. The Hall–Kier alpha value is -1.89. The number of benzene rings is 2. The molecular weight excluding hydrogens is 256 g/mol. The van der Waals surface area contributed by atoms with E-state index >= 15 is 0 Å². The third-order valence-electron chi connectivity index (χ3n) is 5.05. The fourth-order valence-electron chi connectivity index (χ4n) is 3.89. The van der Waals surface area contributed by atoms with Crippen LogP contribution in [-0.2, 0) is 19.3 Å². The summed E-state index contributed by atoms with van der Waals surface area (Å²) < 4.78 is 0. The van der Waals surface area contributed by atoms with Gasteiger partial charge in [0, 0.05) is 11.5 Å². The van der Waals surface area contributed by atoms with Crippen LogP contribution in [0.4, 0.5) is 0 Å². The molecule has 0 N–H and O–H groups in total. The standard InChI is InChI=1S/C20H20O/c21-20-18(14-6-2-1-3-7-14)11-10-17-12-15-8-4-5-9-16(15)13-19(17)20/h1-3,6-7,12-13,18H,4-5,8-11H2. The molecule has 0 fully saturated rings. The number of carbonyl (C=O) groups is 1. The Kier molecular flexibility index (Phi) is 3.14. The van der Waals surface area contributed by atoms with E-state index in [1.807, 2.05) is 18.2 Å². The lowest BCUT2D eigenvalue weighted by atomic mass is 9.76. The van der Waals surface area contributed by atoms with Crippen molar-refractivity contribution in [3.63, 3.8) is 0 Å². The largest absolute Gasteiger partial charge is 0.293 e. The molecule has 2 aromatic rings. The van der Waals surface area contributed by atoms with Crippen LogP contribution in [0.5, 0.6) is 0 Å². The highest BCUT2D eigenvalue weighted by molar-refractivity contribution is 6.03. The van der Waals surface area contributed by atoms with Gasteiger partial charge >= 0.3 is 0 Å². The zero-order valence-electron chi connectivity index (χ0n) is 12.3. The topological polar surface area (TPSA) is 17.1 Å². The van der Waals surface area contributed by atoms with E-state index in [-0.39, 0.29) is 5.92 Å². The lowest BCUT2D eigenvalue weighted by Crippen LogP contribution is -2.22. The molecule has 0 bridgehead atoms. The fraction of sp³-hybridized carbons (Fsp3) is 0.350. The quantitative estimate of drug-likeness (QED) is 0.750. The van der Waals surface area contributed by atoms with Gasteiger partial charge in [0.25, 0.3) is 0 Å². The molecule has 2 aliphatic carbocycles. The second-order valence-electron chi connectivity index (χ2n) is 6.35. The van der Waals surface area contributed by atoms with Gasteiger partial charge in [-0.2, -0.15) is 0 Å². The second kappa shape index (κ2) is 5.14. The van der Waals surface area contributed by atoms with Gasteiger partial charge < -0.3 is 0 Å². The van der Waals surface area contributed by atoms with Gasteiger partial charge in [-0.15, -0.1) is 0 Å². The highest BCUT2D eigenvalue weighted by atomic mass is 16.1. The average Bonchev–Trinajstić information content (AvgIpc) is 2.55. The number of Topliss-reactive ketones (excluding diaryl/α,β-unsaturated/α-hetero) is 1. The Morgan fingerprint density at radius 3 is 2.29 bits per heavy atom. The molecule has 0 aliphatic heterocycles. The summed E-state index contributed by atoms with van der Waals surface area (Å²) >= 11 is 0. The number of aryl methyl sites for hydroxylation is 3. The van der Waals surface area contributed by atoms with E-state index in [1.165, 1.54) is 41.5 Å². The number of carbonyl (C=O) groups excluding carboxylic acids is 1. The van der Waals surface area contributed by atoms with E-state index in [2.05, 4.69) is 24.3 Å². The molecule has 0 saturated carbocycles. The molecule has 1 heteroatoms. The predicted molar refractivity (Wildman–Crippen MR) is 84.9 cm³/mol. The summed E-state index contributed by atoms with van der Waals surface area (Å²) in [4.78, 5) is 12.9. The van der Waals surface area contributed by atoms with Crippen LogP contribution in [0, 0.1) is 0 Å². The van der Waals surface area contributed by atoms with Crippen LogP contribution in [0.3, 0.4) is 0 Å². The minimum absolute atomic E-state index is 0.0559. The molecule has 2 aliphatic rings. The smallest absolute Gasteiger partial charge is 0.170 e. The van der Waals surface area contributed by atoms with Crippen molar-refractivity contribution in [1.29, 1.82) is 0 Å². The van der Waals surface area contributed by atoms with Crippen molar-refractivity contribution in [2.45, 2.75) is 44.4 Å². The van der Waals surface area contributed by atoms with E-state index in [9.17, 15) is 4.79 Å². The summed E-state index contributed by atoms with van der Waals surface area (Å²) in [7, 11) is 0. The first kappa shape index (κ1) is 12.8. The molecular formula is C20H20O. The molecule has 1 unspecified atom stereocenters. The first-order valence-electron chi connectivity index (χ1n) is 8.07. The second-order valence-corrected chi connectivity index (χ2v) is 6.35. The summed E-state index contributed by atoms with van der Waals surface area (Å²) in [5.74, 6) is 0.385. The van der Waals surface area contributed by atoms with E-state index in [4.69, 9.17) is 0 Å². The maximum absolute atomic E-state index is 12.9. The fourth-order valence-corrected chi connectivity index (χ4v) is 3.89. The van der Waals surface area contributed by atoms with Gasteiger partial charge in [0.2, 0.25) is 0 Å². The maximum Gasteiger partial charge on any atom is 0.170 e. The molecule has 0 radical (unpaired) electrons. The van der Waals surface area contributed by atoms with Crippen molar-refractivity contribution in [2.75, 3.05) is 0 Å². The Labute approximate surface area is 126 Å². The van der Waals surface area contributed by atoms with E-state index in [1.54, 1.807) is 0 Å². The molecule has 0 saturated heterocycles. The zero-order chi connectivity index (χ0) is 14.2. The molecule has 0 aromatic heterocycles. The SMILES string of the molecule is O=C1c2cc3c(cc2CCC1c1ccccc1)CCCC3. The van der Waals surface area contributed by atoms with Gasteiger partial charge in [0.05, 0.1) is 0 Å². The highest BCUT2D eigenvalue weighted by Gasteiger charge is 2.29. The normalized spacial score (nSPS) is 20.8. The van der Waals surface area contributed by atoms with Crippen molar-refractivity contribution < 1.29 is 4.79 Å². The van der Waals surface area contributed by atoms with Crippen LogP contribution in [-0.4, -0.2) is 5.78 Å². The number of ketones is 1. The van der Waals surface area contributed by atoms with Gasteiger partial charge in [0.1, 0.15) is 0 Å². The highest BCUT2D eigenvalue weighted by Crippen LogP contribution is 2.35. The predicted octanol–water partition coefficient (Wildman–Crippen LogP) is 4.48. The van der Waals surface area contributed by atoms with Crippen LogP contribution in [0.2, 0.25) is 0 Å². The Morgan fingerprint density at radius 1 is 0.810 bits per heavy atom. The molecule has 1 nitrogen and oxygen atoms in total. The molecule has 0 spiro atoms. The third-order valence-corrected chi connectivity index (χ3v) is 5.05. The minimum atomic E-state index is 0.0559. The van der Waals surface area contributed by atoms with Crippen LogP contribution < -0.4 is 0 Å². The van der Waals surface area contributed by atoms with Crippen molar-refractivity contribution in [2.24, 2.45) is 0 Å². The van der Waals surface area contributed by atoms with Crippen molar-refractivity contribution >= 4 is 5.78 Å². The van der Waals surface area contributed by atoms with Crippen molar-refractivity contribution in [3.8, 4) is 0 Å². The zero-order valence-corrected chi connectivity index (χ0v) is 12.3. The van der Waals surface area contributed by atoms with Gasteiger partial charge in [0.15, 0.2) is 5.78 Å². The molecule has 21 heavy (non-hydrogen) atoms. The Bertz CT molecular complexity index is 684. The summed E-state index contributed by atoms with van der Waals surface area (Å²) in [6.45, 7) is 0. The lowest BCUT2D eigenvalue weighted by molar-refractivity contribution is 0.0946. The van der Waals surface area contributed by atoms with Crippen LogP contribution >= 0.6 is 0 Å². The van der Waals surface area contributed by atoms with E-state index in [0.717, 1.165) is 24.8 Å².